The largest absolute Gasteiger partial charge is 0.493 e. The third kappa shape index (κ3) is 3.44. The molecule has 188 valence electrons. The van der Waals surface area contributed by atoms with Gasteiger partial charge in [0.1, 0.15) is 17.2 Å². The number of ether oxygens (including phenoxy) is 4. The summed E-state index contributed by atoms with van der Waals surface area (Å²) in [6.07, 6.45) is 8.38. The molecule has 1 amide bonds. The maximum Gasteiger partial charge on any atom is 0.212 e. The van der Waals surface area contributed by atoms with Gasteiger partial charge in [0.15, 0.2) is 0 Å². The van der Waals surface area contributed by atoms with Crippen molar-refractivity contribution < 1.29 is 23.7 Å². The molecule has 1 aliphatic carbocycles. The number of hydrogen-bond donors (Lipinski definition) is 1. The van der Waals surface area contributed by atoms with Gasteiger partial charge in [-0.05, 0) is 24.8 Å². The Bertz CT molecular complexity index is 1330. The first-order valence-corrected chi connectivity index (χ1v) is 12.7. The van der Waals surface area contributed by atoms with E-state index in [0.29, 0.717) is 50.0 Å². The third-order valence-electron chi connectivity index (χ3n) is 8.32. The molecule has 1 atom stereocenters. The zero-order valence-corrected chi connectivity index (χ0v) is 20.4. The lowest BCUT2D eigenvalue weighted by Crippen LogP contribution is -2.53. The van der Waals surface area contributed by atoms with Crippen molar-refractivity contribution in [3.63, 3.8) is 0 Å². The Hall–Kier alpha value is -3.01. The Balaban J connectivity index is 1.30. The number of anilines is 1. The fourth-order valence-electron chi connectivity index (χ4n) is 6.44. The first-order valence-electron chi connectivity index (χ1n) is 12.7. The summed E-state index contributed by atoms with van der Waals surface area (Å²) in [5.74, 6) is 1.96. The van der Waals surface area contributed by atoms with Crippen molar-refractivity contribution in [1.29, 1.82) is 0 Å². The number of rotatable bonds is 6. The maximum atomic E-state index is 11.0. The highest BCUT2D eigenvalue weighted by molar-refractivity contribution is 5.97. The summed E-state index contributed by atoms with van der Waals surface area (Å²) < 4.78 is 26.2. The zero-order valence-electron chi connectivity index (χ0n) is 20.4. The fraction of sp³-hybridized carbons (Fsp3) is 0.519. The lowest BCUT2D eigenvalue weighted by molar-refractivity contribution is -0.183. The van der Waals surface area contributed by atoms with Crippen molar-refractivity contribution >= 4 is 23.1 Å². The van der Waals surface area contributed by atoms with Crippen LogP contribution in [0.1, 0.15) is 30.5 Å². The molecule has 36 heavy (non-hydrogen) atoms. The SMILES string of the molecule is Cn1cc(-c2cc(OCC3CC4(COC4)C3)c3c(n2)C2(CCOC2)OCC3)c2cc(NC=O)ncc21. The number of fused-ring (bicyclic) bond motifs is 3. The van der Waals surface area contributed by atoms with Crippen LogP contribution in [0, 0.1) is 11.3 Å². The van der Waals surface area contributed by atoms with E-state index in [4.69, 9.17) is 23.9 Å². The van der Waals surface area contributed by atoms with Gasteiger partial charge in [0.25, 0.3) is 0 Å². The van der Waals surface area contributed by atoms with Crippen molar-refractivity contribution in [2.75, 3.05) is 45.0 Å². The van der Waals surface area contributed by atoms with Gasteiger partial charge in [0.2, 0.25) is 6.41 Å². The summed E-state index contributed by atoms with van der Waals surface area (Å²) in [6, 6.07) is 3.97. The van der Waals surface area contributed by atoms with Gasteiger partial charge < -0.3 is 28.8 Å². The van der Waals surface area contributed by atoms with Crippen molar-refractivity contribution in [3.05, 3.63) is 35.8 Å². The summed E-state index contributed by atoms with van der Waals surface area (Å²) in [6.45, 7) is 4.31. The Morgan fingerprint density at radius 2 is 2.11 bits per heavy atom. The second kappa shape index (κ2) is 8.26. The van der Waals surface area contributed by atoms with E-state index in [1.807, 2.05) is 17.7 Å². The molecule has 3 aromatic rings. The molecule has 3 aromatic heterocycles. The van der Waals surface area contributed by atoms with Gasteiger partial charge in [0.05, 0.1) is 56.1 Å². The molecule has 4 aliphatic rings. The molecule has 9 nitrogen and oxygen atoms in total. The molecule has 3 fully saturated rings. The quantitative estimate of drug-likeness (QED) is 0.530. The monoisotopic (exact) mass is 490 g/mol. The number of hydrogen-bond acceptors (Lipinski definition) is 7. The minimum absolute atomic E-state index is 0.417. The number of nitrogens with zero attached hydrogens (tertiary/aromatic N) is 3. The van der Waals surface area contributed by atoms with E-state index >= 15 is 0 Å². The minimum Gasteiger partial charge on any atom is -0.493 e. The van der Waals surface area contributed by atoms with E-state index in [9.17, 15) is 4.79 Å². The van der Waals surface area contributed by atoms with Crippen molar-refractivity contribution in [2.24, 2.45) is 18.4 Å². The summed E-state index contributed by atoms with van der Waals surface area (Å²) in [5.41, 5.74) is 4.72. The highest BCUT2D eigenvalue weighted by Crippen LogP contribution is 2.51. The van der Waals surface area contributed by atoms with E-state index in [2.05, 4.69) is 22.6 Å². The van der Waals surface area contributed by atoms with E-state index in [0.717, 1.165) is 65.2 Å². The van der Waals surface area contributed by atoms with E-state index in [1.54, 1.807) is 6.20 Å². The normalized spacial score (nSPS) is 24.5. The van der Waals surface area contributed by atoms with Crippen LogP contribution in [0.15, 0.2) is 24.5 Å². The molecular weight excluding hydrogens is 460 g/mol. The van der Waals surface area contributed by atoms with Crippen molar-refractivity contribution in [2.45, 2.75) is 31.3 Å². The van der Waals surface area contributed by atoms with Gasteiger partial charge in [-0.1, -0.05) is 0 Å². The zero-order chi connectivity index (χ0) is 24.3. The average molecular weight is 491 g/mol. The van der Waals surface area contributed by atoms with Gasteiger partial charge in [-0.15, -0.1) is 0 Å². The van der Waals surface area contributed by atoms with Crippen LogP contribution in [-0.2, 0) is 38.1 Å². The van der Waals surface area contributed by atoms with Crippen LogP contribution in [-0.4, -0.2) is 60.6 Å². The molecule has 9 heteroatoms. The highest BCUT2D eigenvalue weighted by Gasteiger charge is 2.50. The molecule has 0 aromatic carbocycles. The first-order chi connectivity index (χ1) is 17.6. The number of carbonyl (C=O) groups is 1. The van der Waals surface area contributed by atoms with Gasteiger partial charge in [-0.3, -0.25) is 4.79 Å². The lowest BCUT2D eigenvalue weighted by atomic mass is 9.61. The molecule has 6 heterocycles. The highest BCUT2D eigenvalue weighted by atomic mass is 16.6. The van der Waals surface area contributed by atoms with Gasteiger partial charge in [0, 0.05) is 60.7 Å². The van der Waals surface area contributed by atoms with E-state index in [1.165, 1.54) is 12.8 Å². The Morgan fingerprint density at radius 3 is 2.86 bits per heavy atom. The summed E-state index contributed by atoms with van der Waals surface area (Å²) >= 11 is 0. The fourth-order valence-corrected chi connectivity index (χ4v) is 6.44. The second-order valence-electron chi connectivity index (χ2n) is 10.8. The average Bonchev–Trinajstić information content (AvgIpc) is 3.42. The predicted octanol–water partition coefficient (Wildman–Crippen LogP) is 3.20. The third-order valence-corrected chi connectivity index (χ3v) is 8.32. The number of amides is 1. The summed E-state index contributed by atoms with van der Waals surface area (Å²) in [7, 11) is 1.99. The van der Waals surface area contributed by atoms with Crippen LogP contribution in [0.2, 0.25) is 0 Å². The number of carbonyl (C=O) groups excluding carboxylic acids is 1. The number of pyridine rings is 2. The smallest absolute Gasteiger partial charge is 0.212 e. The molecule has 7 rings (SSSR count). The van der Waals surface area contributed by atoms with E-state index in [-0.39, 0.29) is 0 Å². The van der Waals surface area contributed by atoms with Crippen LogP contribution in [0.4, 0.5) is 5.82 Å². The van der Waals surface area contributed by atoms with Gasteiger partial charge >= 0.3 is 0 Å². The Kier molecular flexibility index (Phi) is 5.09. The lowest BCUT2D eigenvalue weighted by Gasteiger charge is -2.53. The van der Waals surface area contributed by atoms with Crippen molar-refractivity contribution in [3.8, 4) is 17.0 Å². The van der Waals surface area contributed by atoms with Crippen LogP contribution in [0.3, 0.4) is 0 Å². The number of aromatic nitrogens is 3. The van der Waals surface area contributed by atoms with Crippen LogP contribution >= 0.6 is 0 Å². The van der Waals surface area contributed by atoms with Gasteiger partial charge in [-0.25, -0.2) is 9.97 Å². The van der Waals surface area contributed by atoms with Crippen LogP contribution < -0.4 is 10.1 Å². The van der Waals surface area contributed by atoms with E-state index < -0.39 is 5.60 Å². The Labute approximate surface area is 209 Å². The standard InChI is InChI=1S/C27H30N4O5/c1-31-11-20(19-6-24(29-16-32)28-10-22(19)31)21-7-23(35-12-17-8-26(9-17)13-34-14-26)18-2-4-36-27(25(18)30-21)3-5-33-15-27/h6-7,10-11,16-17H,2-5,8-9,12-15H2,1H3,(H,28,29,32). The first kappa shape index (κ1) is 22.2. The maximum absolute atomic E-state index is 11.0. The molecular formula is C27H30N4O5. The number of nitrogens with one attached hydrogen (secondary N) is 1. The van der Waals surface area contributed by atoms with Crippen molar-refractivity contribution in [1.82, 2.24) is 14.5 Å². The Morgan fingerprint density at radius 1 is 1.22 bits per heavy atom. The predicted molar refractivity (Wildman–Crippen MR) is 132 cm³/mol. The summed E-state index contributed by atoms with van der Waals surface area (Å²) in [4.78, 5) is 20.6. The molecule has 1 unspecified atom stereocenters. The van der Waals surface area contributed by atoms with Crippen LogP contribution in [0.25, 0.3) is 22.2 Å². The molecule has 0 bridgehead atoms. The number of aryl methyl sites for hydroxylation is 1. The minimum atomic E-state index is -0.526. The molecule has 1 N–H and O–H groups in total. The van der Waals surface area contributed by atoms with Crippen LogP contribution in [0.5, 0.6) is 5.75 Å². The second-order valence-corrected chi connectivity index (χ2v) is 10.8. The van der Waals surface area contributed by atoms with Gasteiger partial charge in [-0.2, -0.15) is 0 Å². The molecule has 3 aliphatic heterocycles. The molecule has 2 spiro atoms. The molecule has 2 saturated heterocycles. The topological polar surface area (TPSA) is 96.7 Å². The molecule has 0 radical (unpaired) electrons. The molecule has 1 saturated carbocycles. The summed E-state index contributed by atoms with van der Waals surface area (Å²) in [5, 5.41) is 3.63.